The highest BCUT2D eigenvalue weighted by atomic mass is 32.2. The molecule has 0 saturated carbocycles. The molecule has 2 rings (SSSR count). The molecule has 0 bridgehead atoms. The maximum Gasteiger partial charge on any atom is 0.193 e. The van der Waals surface area contributed by atoms with Crippen LogP contribution in [0, 0.1) is 18.3 Å². The number of rotatable bonds is 7. The highest BCUT2D eigenvalue weighted by Gasteiger charge is 2.41. The Morgan fingerprint density at radius 2 is 1.64 bits per heavy atom. The van der Waals surface area contributed by atoms with Crippen LogP contribution in [0.3, 0.4) is 0 Å². The smallest absolute Gasteiger partial charge is 0.193 e. The van der Waals surface area contributed by atoms with E-state index < -0.39 is 31.4 Å². The maximum atomic E-state index is 12.8. The van der Waals surface area contributed by atoms with Gasteiger partial charge in [0, 0.05) is 0 Å². The summed E-state index contributed by atoms with van der Waals surface area (Å²) in [6, 6.07) is 18.7. The Kier molecular flexibility index (Phi) is 7.35. The molecule has 2 aromatic carbocycles. The summed E-state index contributed by atoms with van der Waals surface area (Å²) in [6.07, 6.45) is -0.499. The summed E-state index contributed by atoms with van der Waals surface area (Å²) in [5.74, 6) is 0. The summed E-state index contributed by atoms with van der Waals surface area (Å²) in [4.78, 5) is 0.644. The summed E-state index contributed by atoms with van der Waals surface area (Å²) in [5.41, 5.74) is 2.01. The maximum absolute atomic E-state index is 12.8. The fourth-order valence-corrected chi connectivity index (χ4v) is 4.65. The van der Waals surface area contributed by atoms with E-state index in [1.165, 1.54) is 0 Å². The minimum Gasteiger partial charge on any atom is -0.407 e. The van der Waals surface area contributed by atoms with E-state index in [4.69, 9.17) is 4.43 Å². The number of benzene rings is 2. The normalized spacial score (nSPS) is 15.5. The van der Waals surface area contributed by atoms with Gasteiger partial charge in [0.1, 0.15) is 23.1 Å². The van der Waals surface area contributed by atoms with Gasteiger partial charge in [0.05, 0.1) is 11.0 Å². The predicted molar refractivity (Wildman–Crippen MR) is 118 cm³/mol. The molecule has 0 saturated heterocycles. The van der Waals surface area contributed by atoms with E-state index in [1.807, 2.05) is 61.5 Å². The fraction of sp³-hybridized carbons (Fsp3) is 0.409. The lowest BCUT2D eigenvalue weighted by Gasteiger charge is -2.40. The Balaban J connectivity index is 2.33. The summed E-state index contributed by atoms with van der Waals surface area (Å²) in [7, 11) is -3.66. The fourth-order valence-electron chi connectivity index (χ4n) is 2.47. The molecule has 0 amide bonds. The second kappa shape index (κ2) is 9.14. The van der Waals surface area contributed by atoms with Crippen molar-refractivity contribution in [3.8, 4) is 6.07 Å². The second-order valence-corrected chi connectivity index (χ2v) is 14.5. The quantitative estimate of drug-likeness (QED) is 0.628. The van der Waals surface area contributed by atoms with Crippen LogP contribution < -0.4 is 4.72 Å². The summed E-state index contributed by atoms with van der Waals surface area (Å²) >= 11 is 0. The molecule has 6 heteroatoms. The Hall–Kier alpha value is -1.78. The van der Waals surface area contributed by atoms with E-state index in [-0.39, 0.29) is 5.04 Å². The van der Waals surface area contributed by atoms with E-state index >= 15 is 0 Å². The molecule has 0 spiro atoms. The van der Waals surface area contributed by atoms with Gasteiger partial charge in [0.25, 0.3) is 0 Å². The van der Waals surface area contributed by atoms with Crippen molar-refractivity contribution in [2.75, 3.05) is 0 Å². The highest BCUT2D eigenvalue weighted by Crippen LogP contribution is 2.40. The number of nitrogens with one attached hydrogen (secondary N) is 1. The van der Waals surface area contributed by atoms with Crippen molar-refractivity contribution in [1.82, 2.24) is 4.72 Å². The lowest BCUT2D eigenvalue weighted by atomic mass is 10.0. The largest absolute Gasteiger partial charge is 0.407 e. The monoisotopic (exact) mass is 414 g/mol. The van der Waals surface area contributed by atoms with Crippen molar-refractivity contribution in [1.29, 1.82) is 5.26 Å². The van der Waals surface area contributed by atoms with E-state index in [1.54, 1.807) is 0 Å². The van der Waals surface area contributed by atoms with Crippen molar-refractivity contribution >= 4 is 19.3 Å². The van der Waals surface area contributed by atoms with Crippen LogP contribution in [0.25, 0.3) is 0 Å². The molecular formula is C22H30N2O2SSi. The van der Waals surface area contributed by atoms with Crippen molar-refractivity contribution in [3.63, 3.8) is 0 Å². The first-order valence-corrected chi connectivity index (χ1v) is 13.5. The van der Waals surface area contributed by atoms with E-state index in [0.29, 0.717) is 4.90 Å². The zero-order chi connectivity index (χ0) is 20.9. The SMILES string of the molecule is Cc1ccc([S@](=O)N[C@H](C#N)[C@@H](O[Si](C)(C)C(C)(C)C)c2ccccc2)cc1. The molecule has 0 fully saturated rings. The highest BCUT2D eigenvalue weighted by molar-refractivity contribution is 7.83. The van der Waals surface area contributed by atoms with Gasteiger partial charge in [-0.05, 0) is 42.8 Å². The van der Waals surface area contributed by atoms with E-state index in [0.717, 1.165) is 11.1 Å². The molecule has 0 heterocycles. The third-order valence-corrected chi connectivity index (χ3v) is 10.9. The summed E-state index contributed by atoms with van der Waals surface area (Å²) < 4.78 is 22.4. The Morgan fingerprint density at radius 3 is 2.14 bits per heavy atom. The van der Waals surface area contributed by atoms with Crippen molar-refractivity contribution in [2.45, 2.75) is 62.9 Å². The van der Waals surface area contributed by atoms with E-state index in [9.17, 15) is 9.47 Å². The number of aryl methyl sites for hydroxylation is 1. The molecule has 0 aromatic heterocycles. The third kappa shape index (κ3) is 5.61. The molecule has 150 valence electrons. The number of nitrogens with zero attached hydrogens (tertiary/aromatic N) is 1. The molecular weight excluding hydrogens is 384 g/mol. The minimum absolute atomic E-state index is 0.00382. The van der Waals surface area contributed by atoms with Crippen LogP contribution in [0.15, 0.2) is 59.5 Å². The number of hydrogen-bond donors (Lipinski definition) is 1. The molecule has 0 unspecified atom stereocenters. The molecule has 28 heavy (non-hydrogen) atoms. The molecule has 0 radical (unpaired) electrons. The van der Waals surface area contributed by atoms with Crippen LogP contribution in [-0.4, -0.2) is 18.6 Å². The van der Waals surface area contributed by atoms with Gasteiger partial charge in [-0.15, -0.1) is 0 Å². The van der Waals surface area contributed by atoms with Gasteiger partial charge in [-0.25, -0.2) is 8.93 Å². The lowest BCUT2D eigenvalue weighted by Crippen LogP contribution is -2.46. The van der Waals surface area contributed by atoms with Crippen LogP contribution in [0.5, 0.6) is 0 Å². The van der Waals surface area contributed by atoms with Gasteiger partial charge in [-0.3, -0.25) is 0 Å². The Bertz CT molecular complexity index is 840. The summed E-state index contributed by atoms with van der Waals surface area (Å²) in [5, 5.41) is 9.88. The lowest BCUT2D eigenvalue weighted by molar-refractivity contribution is 0.166. The molecule has 3 atom stereocenters. The standard InChI is InChI=1S/C22H30N2O2SSi/c1-17-12-14-19(15-13-17)27(25)24-20(16-23)21(18-10-8-7-9-11-18)26-28(5,6)22(2,3)4/h7-15,20-21,24H,1-6H3/t20-,21+,27+/m1/s1. The molecule has 0 aliphatic carbocycles. The first-order valence-electron chi connectivity index (χ1n) is 9.42. The zero-order valence-electron chi connectivity index (χ0n) is 17.5. The average molecular weight is 415 g/mol. The van der Waals surface area contributed by atoms with Crippen molar-refractivity contribution in [3.05, 3.63) is 65.7 Å². The predicted octanol–water partition coefficient (Wildman–Crippen LogP) is 5.26. The van der Waals surface area contributed by atoms with Crippen LogP contribution in [0.1, 0.15) is 38.0 Å². The summed E-state index contributed by atoms with van der Waals surface area (Å²) in [6.45, 7) is 12.8. The minimum atomic E-state index is -2.16. The van der Waals surface area contributed by atoms with Gasteiger partial charge in [0.2, 0.25) is 0 Å². The van der Waals surface area contributed by atoms with E-state index in [2.05, 4.69) is 44.7 Å². The van der Waals surface area contributed by atoms with Crippen LogP contribution in [0.2, 0.25) is 18.1 Å². The first-order chi connectivity index (χ1) is 13.0. The zero-order valence-corrected chi connectivity index (χ0v) is 19.3. The van der Waals surface area contributed by atoms with Gasteiger partial charge in [-0.1, -0.05) is 68.8 Å². The molecule has 0 aliphatic heterocycles. The second-order valence-electron chi connectivity index (χ2n) is 8.52. The first kappa shape index (κ1) is 22.5. The molecule has 4 nitrogen and oxygen atoms in total. The van der Waals surface area contributed by atoms with Gasteiger partial charge < -0.3 is 4.43 Å². The Morgan fingerprint density at radius 1 is 1.07 bits per heavy atom. The average Bonchev–Trinajstić information content (AvgIpc) is 2.64. The molecule has 2 aromatic rings. The van der Waals surface area contributed by atoms with Crippen LogP contribution >= 0.6 is 0 Å². The topological polar surface area (TPSA) is 62.1 Å². The van der Waals surface area contributed by atoms with Gasteiger partial charge in [0.15, 0.2) is 8.32 Å². The number of hydrogen-bond acceptors (Lipinski definition) is 3. The van der Waals surface area contributed by atoms with Crippen molar-refractivity contribution < 1.29 is 8.63 Å². The van der Waals surface area contributed by atoms with Crippen LogP contribution in [-0.2, 0) is 15.4 Å². The number of nitriles is 1. The Labute approximate surface area is 172 Å². The van der Waals surface area contributed by atoms with Gasteiger partial charge >= 0.3 is 0 Å². The van der Waals surface area contributed by atoms with Gasteiger partial charge in [-0.2, -0.15) is 5.26 Å². The molecule has 1 N–H and O–H groups in total. The third-order valence-electron chi connectivity index (χ3n) is 5.27. The molecule has 0 aliphatic rings. The van der Waals surface area contributed by atoms with Crippen LogP contribution in [0.4, 0.5) is 0 Å². The van der Waals surface area contributed by atoms with Crippen molar-refractivity contribution in [2.24, 2.45) is 0 Å².